The van der Waals surface area contributed by atoms with E-state index in [1.165, 1.54) is 25.0 Å². The summed E-state index contributed by atoms with van der Waals surface area (Å²) in [5.74, 6) is 0.799. The first kappa shape index (κ1) is 14.8. The Labute approximate surface area is 129 Å². The highest BCUT2D eigenvalue weighted by molar-refractivity contribution is 5.96. The van der Waals surface area contributed by atoms with Crippen molar-refractivity contribution >= 4 is 17.3 Å². The second-order valence-corrected chi connectivity index (χ2v) is 6.23. The molecule has 22 heavy (non-hydrogen) atoms. The monoisotopic (exact) mass is 300 g/mol. The Morgan fingerprint density at radius 1 is 1.36 bits per heavy atom. The first-order valence-electron chi connectivity index (χ1n) is 7.80. The van der Waals surface area contributed by atoms with Crippen LogP contribution in [0.1, 0.15) is 31.2 Å². The van der Waals surface area contributed by atoms with Crippen LogP contribution < -0.4 is 5.32 Å². The number of hydrogen-bond donors (Lipinski definition) is 1. The second-order valence-electron chi connectivity index (χ2n) is 6.23. The maximum atomic E-state index is 12.5. The van der Waals surface area contributed by atoms with Crippen LogP contribution in [0.2, 0.25) is 0 Å². The largest absolute Gasteiger partial charge is 0.325 e. The summed E-state index contributed by atoms with van der Waals surface area (Å²) in [4.78, 5) is 22.9. The van der Waals surface area contributed by atoms with E-state index in [-0.39, 0.29) is 17.5 Å². The zero-order chi connectivity index (χ0) is 15.7. The fourth-order valence-corrected chi connectivity index (χ4v) is 3.37. The molecule has 116 valence electrons. The molecule has 1 aromatic rings. The Bertz CT molecular complexity index is 639. The number of non-ortho nitro benzene ring substituents is 1. The molecule has 1 N–H and O–H groups in total. The van der Waals surface area contributed by atoms with Gasteiger partial charge in [-0.1, -0.05) is 24.6 Å². The van der Waals surface area contributed by atoms with Crippen molar-refractivity contribution < 1.29 is 9.72 Å². The number of anilines is 1. The molecule has 3 rings (SSSR count). The molecule has 0 spiro atoms. The van der Waals surface area contributed by atoms with Gasteiger partial charge < -0.3 is 5.32 Å². The lowest BCUT2D eigenvalue weighted by molar-refractivity contribution is -0.384. The fourth-order valence-electron chi connectivity index (χ4n) is 3.37. The zero-order valence-corrected chi connectivity index (χ0v) is 12.6. The van der Waals surface area contributed by atoms with Gasteiger partial charge in [0.05, 0.1) is 10.6 Å². The van der Waals surface area contributed by atoms with Gasteiger partial charge in [-0.3, -0.25) is 14.9 Å². The third-order valence-corrected chi connectivity index (χ3v) is 4.74. The smallest absolute Gasteiger partial charge is 0.271 e. The van der Waals surface area contributed by atoms with E-state index in [4.69, 9.17) is 0 Å². The zero-order valence-electron chi connectivity index (χ0n) is 12.6. The number of fused-ring (bicyclic) bond motifs is 1. The van der Waals surface area contributed by atoms with Crippen LogP contribution in [0.4, 0.5) is 11.4 Å². The number of nitro benzene ring substituents is 1. The van der Waals surface area contributed by atoms with Crippen LogP contribution in [-0.4, -0.2) is 10.8 Å². The lowest BCUT2D eigenvalue weighted by atomic mass is 10.1. The van der Waals surface area contributed by atoms with Crippen LogP contribution in [0.5, 0.6) is 0 Å². The molecule has 0 saturated heterocycles. The topological polar surface area (TPSA) is 72.2 Å². The molecular weight excluding hydrogens is 280 g/mol. The SMILES string of the molecule is Cc1ccc([N+](=O)[O-])cc1NC(=O)[C@@H]1[C@@H]2C=CCCCC[C@H]21. The predicted octanol–water partition coefficient (Wildman–Crippen LogP) is 3.83. The molecule has 1 amide bonds. The number of hydrogen-bond acceptors (Lipinski definition) is 3. The van der Waals surface area contributed by atoms with Gasteiger partial charge in [-0.2, -0.15) is 0 Å². The molecule has 2 aliphatic rings. The minimum Gasteiger partial charge on any atom is -0.325 e. The van der Waals surface area contributed by atoms with Crippen molar-refractivity contribution in [1.82, 2.24) is 0 Å². The molecule has 0 unspecified atom stereocenters. The van der Waals surface area contributed by atoms with Crippen molar-refractivity contribution in [3.63, 3.8) is 0 Å². The summed E-state index contributed by atoms with van der Waals surface area (Å²) in [6.07, 6.45) is 8.92. The van der Waals surface area contributed by atoms with Crippen molar-refractivity contribution in [2.45, 2.75) is 32.6 Å². The normalized spacial score (nSPS) is 26.5. The average Bonchev–Trinajstić information content (AvgIpc) is 3.12. The molecule has 0 radical (unpaired) electrons. The highest BCUT2D eigenvalue weighted by atomic mass is 16.6. The molecule has 3 atom stereocenters. The quantitative estimate of drug-likeness (QED) is 0.524. The fraction of sp³-hybridized carbons (Fsp3) is 0.471. The van der Waals surface area contributed by atoms with E-state index in [2.05, 4.69) is 17.5 Å². The molecule has 1 aromatic carbocycles. The van der Waals surface area contributed by atoms with E-state index in [1.807, 2.05) is 6.92 Å². The molecule has 5 nitrogen and oxygen atoms in total. The third-order valence-electron chi connectivity index (χ3n) is 4.74. The minimum atomic E-state index is -0.441. The highest BCUT2D eigenvalue weighted by Crippen LogP contribution is 2.51. The Kier molecular flexibility index (Phi) is 3.96. The van der Waals surface area contributed by atoms with Crippen LogP contribution in [0.15, 0.2) is 30.4 Å². The van der Waals surface area contributed by atoms with Gasteiger partial charge >= 0.3 is 0 Å². The molecule has 1 saturated carbocycles. The second kappa shape index (κ2) is 5.91. The number of aryl methyl sites for hydroxylation is 1. The van der Waals surface area contributed by atoms with Gasteiger partial charge in [0.2, 0.25) is 5.91 Å². The predicted molar refractivity (Wildman–Crippen MR) is 84.5 cm³/mol. The lowest BCUT2D eigenvalue weighted by Gasteiger charge is -2.08. The number of carbonyl (C=O) groups excluding carboxylic acids is 1. The highest BCUT2D eigenvalue weighted by Gasteiger charge is 2.52. The number of nitrogens with one attached hydrogen (secondary N) is 1. The first-order chi connectivity index (χ1) is 10.6. The first-order valence-corrected chi connectivity index (χ1v) is 7.80. The Hall–Kier alpha value is -2.17. The number of amides is 1. The molecular formula is C17H20N2O3. The summed E-state index contributed by atoms with van der Waals surface area (Å²) in [6, 6.07) is 4.57. The van der Waals surface area contributed by atoms with E-state index in [1.54, 1.807) is 6.07 Å². The van der Waals surface area contributed by atoms with Gasteiger partial charge in [-0.15, -0.1) is 0 Å². The van der Waals surface area contributed by atoms with E-state index in [0.29, 0.717) is 17.5 Å². The maximum Gasteiger partial charge on any atom is 0.271 e. The Morgan fingerprint density at radius 3 is 2.95 bits per heavy atom. The van der Waals surface area contributed by atoms with Crippen LogP contribution in [0.3, 0.4) is 0 Å². The number of rotatable bonds is 3. The van der Waals surface area contributed by atoms with Crippen molar-refractivity contribution in [3.05, 3.63) is 46.0 Å². The summed E-state index contributed by atoms with van der Waals surface area (Å²) in [5, 5.41) is 13.7. The van der Waals surface area contributed by atoms with E-state index in [0.717, 1.165) is 18.4 Å². The standard InChI is InChI=1S/C17H20N2O3/c1-11-8-9-12(19(21)22)10-15(11)18-17(20)16-13-6-4-2-3-5-7-14(13)16/h4,6,8-10,13-14,16H,2-3,5,7H2,1H3,(H,18,20)/t13-,14-,16-/m1/s1. The van der Waals surface area contributed by atoms with E-state index < -0.39 is 4.92 Å². The van der Waals surface area contributed by atoms with Crippen molar-refractivity contribution in [2.75, 3.05) is 5.32 Å². The summed E-state index contributed by atoms with van der Waals surface area (Å²) >= 11 is 0. The molecule has 1 fully saturated rings. The van der Waals surface area contributed by atoms with E-state index in [9.17, 15) is 14.9 Å². The number of allylic oxidation sites excluding steroid dienone is 2. The number of nitrogens with zero attached hydrogens (tertiary/aromatic N) is 1. The van der Waals surface area contributed by atoms with Gasteiger partial charge in [-0.25, -0.2) is 0 Å². The summed E-state index contributed by atoms with van der Waals surface area (Å²) in [7, 11) is 0. The molecule has 0 aliphatic heterocycles. The molecule has 2 aliphatic carbocycles. The summed E-state index contributed by atoms with van der Waals surface area (Å²) in [5.41, 5.74) is 1.39. The summed E-state index contributed by atoms with van der Waals surface area (Å²) in [6.45, 7) is 1.84. The maximum absolute atomic E-state index is 12.5. The third kappa shape index (κ3) is 2.89. The van der Waals surface area contributed by atoms with Crippen molar-refractivity contribution in [1.29, 1.82) is 0 Å². The average molecular weight is 300 g/mol. The Morgan fingerprint density at radius 2 is 2.18 bits per heavy atom. The molecule has 0 bridgehead atoms. The molecule has 5 heteroatoms. The number of benzene rings is 1. The minimum absolute atomic E-state index is 0.00242. The van der Waals surface area contributed by atoms with Crippen molar-refractivity contribution in [2.24, 2.45) is 17.8 Å². The van der Waals surface area contributed by atoms with Gasteiger partial charge in [0.1, 0.15) is 0 Å². The van der Waals surface area contributed by atoms with Gasteiger partial charge in [0.15, 0.2) is 0 Å². The van der Waals surface area contributed by atoms with E-state index >= 15 is 0 Å². The van der Waals surface area contributed by atoms with Crippen LogP contribution in [0, 0.1) is 34.8 Å². The lowest BCUT2D eigenvalue weighted by Crippen LogP contribution is -2.16. The van der Waals surface area contributed by atoms with Crippen molar-refractivity contribution in [3.8, 4) is 0 Å². The Balaban J connectivity index is 1.72. The van der Waals surface area contributed by atoms with Crippen LogP contribution >= 0.6 is 0 Å². The summed E-state index contributed by atoms with van der Waals surface area (Å²) < 4.78 is 0. The number of carbonyl (C=O) groups is 1. The van der Waals surface area contributed by atoms with Crippen LogP contribution in [-0.2, 0) is 4.79 Å². The van der Waals surface area contributed by atoms with Gasteiger partial charge in [0, 0.05) is 18.1 Å². The van der Waals surface area contributed by atoms with Gasteiger partial charge in [0.25, 0.3) is 5.69 Å². The molecule has 0 aromatic heterocycles. The molecule has 0 heterocycles. The van der Waals surface area contributed by atoms with Gasteiger partial charge in [-0.05, 0) is 43.6 Å². The van der Waals surface area contributed by atoms with Crippen LogP contribution in [0.25, 0.3) is 0 Å². The number of nitro groups is 1.